The molecular formula is C10H10F2IN. The zero-order valence-electron chi connectivity index (χ0n) is 7.49. The average molecular weight is 309 g/mol. The van der Waals surface area contributed by atoms with Crippen molar-refractivity contribution in [3.63, 3.8) is 0 Å². The summed E-state index contributed by atoms with van der Waals surface area (Å²) in [4.78, 5) is 0. The molecule has 2 rings (SSSR count). The standard InChI is InChI=1S/C10H10F2IN/c11-8-3-7(4-9(12)10(8)13)6-1-2-14-5-6/h3-4,6,14H,1-2,5H2. The molecule has 1 fully saturated rings. The van der Waals surface area contributed by atoms with Gasteiger partial charge in [0, 0.05) is 6.54 Å². The lowest BCUT2D eigenvalue weighted by molar-refractivity contribution is 0.562. The van der Waals surface area contributed by atoms with Crippen molar-refractivity contribution in [2.24, 2.45) is 0 Å². The van der Waals surface area contributed by atoms with E-state index in [4.69, 9.17) is 0 Å². The van der Waals surface area contributed by atoms with Crippen LogP contribution >= 0.6 is 22.6 Å². The lowest BCUT2D eigenvalue weighted by atomic mass is 9.98. The van der Waals surface area contributed by atoms with E-state index in [1.165, 1.54) is 12.1 Å². The first-order valence-corrected chi connectivity index (χ1v) is 5.61. The molecule has 1 heterocycles. The van der Waals surface area contributed by atoms with E-state index < -0.39 is 11.6 Å². The van der Waals surface area contributed by atoms with Crippen LogP contribution in [0, 0.1) is 15.2 Å². The molecule has 4 heteroatoms. The summed E-state index contributed by atoms with van der Waals surface area (Å²) in [5, 5.41) is 3.18. The van der Waals surface area contributed by atoms with Crippen molar-refractivity contribution in [2.45, 2.75) is 12.3 Å². The van der Waals surface area contributed by atoms with E-state index >= 15 is 0 Å². The van der Waals surface area contributed by atoms with Gasteiger partial charge >= 0.3 is 0 Å². The summed E-state index contributed by atoms with van der Waals surface area (Å²) in [5.74, 6) is -0.643. The molecule has 1 unspecified atom stereocenters. The highest BCUT2D eigenvalue weighted by Crippen LogP contribution is 2.26. The van der Waals surface area contributed by atoms with Crippen molar-refractivity contribution in [3.8, 4) is 0 Å². The second-order valence-corrected chi connectivity index (χ2v) is 4.57. The van der Waals surface area contributed by atoms with Gasteiger partial charge in [0.2, 0.25) is 0 Å². The Balaban J connectivity index is 2.34. The number of hydrogen-bond donors (Lipinski definition) is 1. The number of rotatable bonds is 1. The largest absolute Gasteiger partial charge is 0.316 e. The Morgan fingerprint density at radius 2 is 1.93 bits per heavy atom. The maximum absolute atomic E-state index is 13.2. The summed E-state index contributed by atoms with van der Waals surface area (Å²) in [6.07, 6.45) is 0.958. The highest BCUT2D eigenvalue weighted by molar-refractivity contribution is 14.1. The van der Waals surface area contributed by atoms with Gasteiger partial charge in [-0.15, -0.1) is 0 Å². The van der Waals surface area contributed by atoms with Crippen molar-refractivity contribution in [2.75, 3.05) is 13.1 Å². The molecule has 1 atom stereocenters. The second-order valence-electron chi connectivity index (χ2n) is 3.49. The first kappa shape index (κ1) is 10.3. The minimum Gasteiger partial charge on any atom is -0.316 e. The van der Waals surface area contributed by atoms with Crippen LogP contribution in [0.2, 0.25) is 0 Å². The quantitative estimate of drug-likeness (QED) is 0.621. The van der Waals surface area contributed by atoms with Crippen molar-refractivity contribution in [1.29, 1.82) is 0 Å². The van der Waals surface area contributed by atoms with E-state index in [2.05, 4.69) is 5.32 Å². The van der Waals surface area contributed by atoms with E-state index in [-0.39, 0.29) is 9.49 Å². The highest BCUT2D eigenvalue weighted by atomic mass is 127. The van der Waals surface area contributed by atoms with Crippen LogP contribution in [0.15, 0.2) is 12.1 Å². The number of halogens is 3. The zero-order chi connectivity index (χ0) is 10.1. The topological polar surface area (TPSA) is 12.0 Å². The summed E-state index contributed by atoms with van der Waals surface area (Å²) >= 11 is 1.68. The van der Waals surface area contributed by atoms with Gasteiger partial charge in [-0.1, -0.05) is 0 Å². The third-order valence-electron chi connectivity index (χ3n) is 2.54. The van der Waals surface area contributed by atoms with Crippen molar-refractivity contribution >= 4 is 22.6 Å². The van der Waals surface area contributed by atoms with Crippen molar-refractivity contribution < 1.29 is 8.78 Å². The summed E-state index contributed by atoms with van der Waals surface area (Å²) in [6.45, 7) is 1.75. The summed E-state index contributed by atoms with van der Waals surface area (Å²) < 4.78 is 26.5. The fourth-order valence-corrected chi connectivity index (χ4v) is 2.06. The van der Waals surface area contributed by atoms with Crippen LogP contribution in [0.5, 0.6) is 0 Å². The molecule has 0 aromatic heterocycles. The molecule has 1 aromatic carbocycles. The minimum atomic E-state index is -0.451. The zero-order valence-corrected chi connectivity index (χ0v) is 9.64. The predicted octanol–water partition coefficient (Wildman–Crippen LogP) is 2.65. The van der Waals surface area contributed by atoms with Crippen LogP contribution in [0.1, 0.15) is 17.9 Å². The SMILES string of the molecule is Fc1cc(C2CCNC2)cc(F)c1I. The van der Waals surface area contributed by atoms with Crippen LogP contribution < -0.4 is 5.32 Å². The van der Waals surface area contributed by atoms with E-state index in [1.54, 1.807) is 22.6 Å². The van der Waals surface area contributed by atoms with Crippen LogP contribution in [0.4, 0.5) is 8.78 Å². The predicted molar refractivity (Wildman–Crippen MR) is 59.3 cm³/mol. The lowest BCUT2D eigenvalue weighted by Crippen LogP contribution is -2.08. The number of benzene rings is 1. The highest BCUT2D eigenvalue weighted by Gasteiger charge is 2.19. The molecule has 76 valence electrons. The van der Waals surface area contributed by atoms with E-state index in [1.807, 2.05) is 0 Å². The summed E-state index contributed by atoms with van der Waals surface area (Å²) in [5.41, 5.74) is 0.769. The lowest BCUT2D eigenvalue weighted by Gasteiger charge is -2.09. The van der Waals surface area contributed by atoms with Crippen LogP contribution in [-0.2, 0) is 0 Å². The van der Waals surface area contributed by atoms with Crippen molar-refractivity contribution in [1.82, 2.24) is 5.32 Å². The molecule has 1 aliphatic heterocycles. The van der Waals surface area contributed by atoms with Gasteiger partial charge in [0.25, 0.3) is 0 Å². The summed E-state index contributed by atoms with van der Waals surface area (Å²) in [7, 11) is 0. The second kappa shape index (κ2) is 4.10. The molecule has 0 radical (unpaired) electrons. The van der Waals surface area contributed by atoms with Gasteiger partial charge in [-0.3, -0.25) is 0 Å². The number of nitrogens with one attached hydrogen (secondary N) is 1. The molecular weight excluding hydrogens is 299 g/mol. The maximum Gasteiger partial charge on any atom is 0.139 e. The molecule has 0 saturated carbocycles. The average Bonchev–Trinajstić information content (AvgIpc) is 2.66. The molecule has 1 nitrogen and oxygen atoms in total. The van der Waals surface area contributed by atoms with Crippen LogP contribution in [-0.4, -0.2) is 13.1 Å². The van der Waals surface area contributed by atoms with E-state index in [0.717, 1.165) is 25.1 Å². The third-order valence-corrected chi connectivity index (χ3v) is 3.57. The molecule has 0 aliphatic carbocycles. The Morgan fingerprint density at radius 3 is 2.43 bits per heavy atom. The molecule has 0 bridgehead atoms. The van der Waals surface area contributed by atoms with Gasteiger partial charge in [0.15, 0.2) is 0 Å². The van der Waals surface area contributed by atoms with Gasteiger partial charge in [-0.25, -0.2) is 8.78 Å². The fraction of sp³-hybridized carbons (Fsp3) is 0.400. The molecule has 0 amide bonds. The van der Waals surface area contributed by atoms with Gasteiger partial charge in [0.05, 0.1) is 3.57 Å². The molecule has 14 heavy (non-hydrogen) atoms. The molecule has 1 saturated heterocycles. The normalized spacial score (nSPS) is 21.5. The fourth-order valence-electron chi connectivity index (χ4n) is 1.75. The Morgan fingerprint density at radius 1 is 1.29 bits per heavy atom. The smallest absolute Gasteiger partial charge is 0.139 e. The van der Waals surface area contributed by atoms with Crippen LogP contribution in [0.25, 0.3) is 0 Å². The van der Waals surface area contributed by atoms with Gasteiger partial charge in [-0.05, 0) is 59.2 Å². The number of hydrogen-bond acceptors (Lipinski definition) is 1. The third kappa shape index (κ3) is 1.91. The molecule has 0 spiro atoms. The van der Waals surface area contributed by atoms with Gasteiger partial charge in [0.1, 0.15) is 11.6 Å². The first-order valence-electron chi connectivity index (χ1n) is 4.53. The molecule has 1 N–H and O–H groups in total. The van der Waals surface area contributed by atoms with Crippen LogP contribution in [0.3, 0.4) is 0 Å². The van der Waals surface area contributed by atoms with Gasteiger partial charge < -0.3 is 5.32 Å². The van der Waals surface area contributed by atoms with E-state index in [9.17, 15) is 8.78 Å². The first-order chi connectivity index (χ1) is 6.68. The Hall–Kier alpha value is -0.230. The minimum absolute atomic E-state index is 0.0808. The Kier molecular flexibility index (Phi) is 3.02. The molecule has 1 aromatic rings. The Bertz CT molecular complexity index is 325. The van der Waals surface area contributed by atoms with Gasteiger partial charge in [-0.2, -0.15) is 0 Å². The monoisotopic (exact) mass is 309 g/mol. The summed E-state index contributed by atoms with van der Waals surface area (Å²) in [6, 6.07) is 2.89. The molecule has 1 aliphatic rings. The van der Waals surface area contributed by atoms with Crippen molar-refractivity contribution in [3.05, 3.63) is 32.9 Å². The maximum atomic E-state index is 13.2. The Labute approximate surface area is 95.0 Å². The van der Waals surface area contributed by atoms with E-state index in [0.29, 0.717) is 0 Å².